The van der Waals surface area contributed by atoms with Gasteiger partial charge in [-0.05, 0) is 6.07 Å². The van der Waals surface area contributed by atoms with Gasteiger partial charge in [0, 0.05) is 17.8 Å². The van der Waals surface area contributed by atoms with E-state index in [2.05, 4.69) is 5.10 Å². The molecule has 0 saturated heterocycles. The van der Waals surface area contributed by atoms with Gasteiger partial charge in [0.05, 0.1) is 25.5 Å². The van der Waals surface area contributed by atoms with Gasteiger partial charge < -0.3 is 10.5 Å². The fraction of sp³-hybridized carbons (Fsp3) is 0.182. The lowest BCUT2D eigenvalue weighted by molar-refractivity contribution is 0.410. The molecule has 84 valence electrons. The van der Waals surface area contributed by atoms with E-state index in [4.69, 9.17) is 10.5 Å². The SMILES string of the molecule is COc1ccc(Cn2cc(N)cn2)c(F)c1. The second kappa shape index (κ2) is 4.22. The maximum absolute atomic E-state index is 13.6. The van der Waals surface area contributed by atoms with E-state index in [0.29, 0.717) is 23.5 Å². The van der Waals surface area contributed by atoms with E-state index >= 15 is 0 Å². The number of methoxy groups -OCH3 is 1. The van der Waals surface area contributed by atoms with Crippen molar-refractivity contribution in [2.24, 2.45) is 0 Å². The highest BCUT2D eigenvalue weighted by Gasteiger charge is 2.05. The van der Waals surface area contributed by atoms with Gasteiger partial charge in [-0.1, -0.05) is 6.07 Å². The Balaban J connectivity index is 2.21. The molecule has 1 aromatic heterocycles. The standard InChI is InChI=1S/C11H12FN3O/c1-16-10-3-2-8(11(12)4-10)6-15-7-9(13)5-14-15/h2-5,7H,6,13H2,1H3. The van der Waals surface area contributed by atoms with E-state index in [9.17, 15) is 4.39 Å². The Bertz CT molecular complexity index is 496. The van der Waals surface area contributed by atoms with Gasteiger partial charge in [-0.25, -0.2) is 4.39 Å². The fourth-order valence-corrected chi connectivity index (χ4v) is 1.42. The molecule has 0 fully saturated rings. The largest absolute Gasteiger partial charge is 0.497 e. The smallest absolute Gasteiger partial charge is 0.131 e. The number of hydrogen-bond acceptors (Lipinski definition) is 3. The Labute approximate surface area is 92.4 Å². The number of halogens is 1. The van der Waals surface area contributed by atoms with E-state index < -0.39 is 0 Å². The minimum Gasteiger partial charge on any atom is -0.497 e. The van der Waals surface area contributed by atoms with E-state index in [0.717, 1.165) is 0 Å². The molecule has 0 aliphatic heterocycles. The third-order valence-electron chi connectivity index (χ3n) is 2.25. The lowest BCUT2D eigenvalue weighted by atomic mass is 10.2. The second-order valence-corrected chi connectivity index (χ2v) is 3.43. The highest BCUT2D eigenvalue weighted by atomic mass is 19.1. The van der Waals surface area contributed by atoms with Crippen LogP contribution >= 0.6 is 0 Å². The van der Waals surface area contributed by atoms with E-state index in [1.165, 1.54) is 19.4 Å². The Morgan fingerprint density at radius 2 is 2.31 bits per heavy atom. The first-order chi connectivity index (χ1) is 7.69. The molecule has 0 atom stereocenters. The number of nitrogens with two attached hydrogens (primary N) is 1. The van der Waals surface area contributed by atoms with Crippen LogP contribution in [0.3, 0.4) is 0 Å². The molecule has 0 unspecified atom stereocenters. The van der Waals surface area contributed by atoms with Crippen LogP contribution in [0, 0.1) is 5.82 Å². The molecule has 4 nitrogen and oxygen atoms in total. The Kier molecular flexibility index (Phi) is 2.76. The first-order valence-electron chi connectivity index (χ1n) is 4.79. The third kappa shape index (κ3) is 2.13. The summed E-state index contributed by atoms with van der Waals surface area (Å²) in [5.74, 6) is 0.189. The second-order valence-electron chi connectivity index (χ2n) is 3.43. The average molecular weight is 221 g/mol. The zero-order chi connectivity index (χ0) is 11.5. The zero-order valence-electron chi connectivity index (χ0n) is 8.85. The predicted molar refractivity (Wildman–Crippen MR) is 58.7 cm³/mol. The minimum absolute atomic E-state index is 0.312. The number of ether oxygens (including phenoxy) is 1. The van der Waals surface area contributed by atoms with Crippen LogP contribution in [0.25, 0.3) is 0 Å². The molecule has 0 amide bonds. The van der Waals surface area contributed by atoms with Crippen molar-refractivity contribution in [3.8, 4) is 5.75 Å². The van der Waals surface area contributed by atoms with Gasteiger partial charge in [-0.2, -0.15) is 5.10 Å². The molecule has 16 heavy (non-hydrogen) atoms. The van der Waals surface area contributed by atoms with Crippen LogP contribution in [-0.4, -0.2) is 16.9 Å². The molecule has 1 aromatic carbocycles. The van der Waals surface area contributed by atoms with Gasteiger partial charge in [0.2, 0.25) is 0 Å². The van der Waals surface area contributed by atoms with Gasteiger partial charge in [0.15, 0.2) is 0 Å². The molecule has 1 heterocycles. The van der Waals surface area contributed by atoms with Crippen molar-refractivity contribution in [1.82, 2.24) is 9.78 Å². The minimum atomic E-state index is -0.312. The number of rotatable bonds is 3. The maximum atomic E-state index is 13.6. The summed E-state index contributed by atoms with van der Waals surface area (Å²) in [4.78, 5) is 0. The number of hydrogen-bond donors (Lipinski definition) is 1. The molecule has 0 bridgehead atoms. The topological polar surface area (TPSA) is 53.1 Å². The lowest BCUT2D eigenvalue weighted by Crippen LogP contribution is -2.02. The molecule has 2 N–H and O–H groups in total. The molecule has 5 heteroatoms. The normalized spacial score (nSPS) is 10.4. The molecular formula is C11H12FN3O. The summed E-state index contributed by atoms with van der Waals surface area (Å²) in [5.41, 5.74) is 6.63. The molecular weight excluding hydrogens is 209 g/mol. The van der Waals surface area contributed by atoms with Crippen LogP contribution < -0.4 is 10.5 Å². The first kappa shape index (κ1) is 10.5. The van der Waals surface area contributed by atoms with E-state index in [-0.39, 0.29) is 5.82 Å². The van der Waals surface area contributed by atoms with Crippen LogP contribution in [0.5, 0.6) is 5.75 Å². The molecule has 0 saturated carbocycles. The van der Waals surface area contributed by atoms with Crippen molar-refractivity contribution >= 4 is 5.69 Å². The first-order valence-corrected chi connectivity index (χ1v) is 4.79. The van der Waals surface area contributed by atoms with Crippen molar-refractivity contribution in [2.45, 2.75) is 6.54 Å². The Hall–Kier alpha value is -2.04. The Morgan fingerprint density at radius 1 is 1.50 bits per heavy atom. The van der Waals surface area contributed by atoms with Gasteiger partial charge in [0.25, 0.3) is 0 Å². The van der Waals surface area contributed by atoms with Gasteiger partial charge in [-0.15, -0.1) is 0 Å². The molecule has 0 aliphatic carbocycles. The van der Waals surface area contributed by atoms with E-state index in [1.807, 2.05) is 0 Å². The highest BCUT2D eigenvalue weighted by molar-refractivity contribution is 5.32. The zero-order valence-corrected chi connectivity index (χ0v) is 8.85. The van der Waals surface area contributed by atoms with E-state index in [1.54, 1.807) is 23.0 Å². The maximum Gasteiger partial charge on any atom is 0.131 e. The lowest BCUT2D eigenvalue weighted by Gasteiger charge is -2.05. The van der Waals surface area contributed by atoms with Crippen molar-refractivity contribution in [1.29, 1.82) is 0 Å². The molecule has 0 radical (unpaired) electrons. The average Bonchev–Trinajstić information content (AvgIpc) is 2.67. The summed E-state index contributed by atoms with van der Waals surface area (Å²) >= 11 is 0. The van der Waals surface area contributed by atoms with Crippen molar-refractivity contribution in [2.75, 3.05) is 12.8 Å². The number of nitrogen functional groups attached to an aromatic ring is 1. The number of benzene rings is 1. The van der Waals surface area contributed by atoms with Gasteiger partial charge in [-0.3, -0.25) is 4.68 Å². The van der Waals surface area contributed by atoms with Crippen LogP contribution in [0.4, 0.5) is 10.1 Å². The summed E-state index contributed by atoms with van der Waals surface area (Å²) in [6, 6.07) is 4.74. The Morgan fingerprint density at radius 3 is 2.88 bits per heavy atom. The van der Waals surface area contributed by atoms with Crippen molar-refractivity contribution in [3.63, 3.8) is 0 Å². The number of anilines is 1. The van der Waals surface area contributed by atoms with Crippen LogP contribution in [-0.2, 0) is 6.54 Å². The summed E-state index contributed by atoms with van der Waals surface area (Å²) in [6.07, 6.45) is 3.19. The highest BCUT2D eigenvalue weighted by Crippen LogP contribution is 2.17. The third-order valence-corrected chi connectivity index (χ3v) is 2.25. The predicted octanol–water partition coefficient (Wildman–Crippen LogP) is 1.66. The molecule has 0 aliphatic rings. The summed E-state index contributed by atoms with van der Waals surface area (Å²) in [5, 5.41) is 3.99. The molecule has 0 spiro atoms. The van der Waals surface area contributed by atoms with Crippen LogP contribution in [0.1, 0.15) is 5.56 Å². The van der Waals surface area contributed by atoms with Gasteiger partial charge >= 0.3 is 0 Å². The van der Waals surface area contributed by atoms with Crippen LogP contribution in [0.2, 0.25) is 0 Å². The molecule has 2 aromatic rings. The van der Waals surface area contributed by atoms with Gasteiger partial charge in [0.1, 0.15) is 11.6 Å². The van der Waals surface area contributed by atoms with Crippen molar-refractivity contribution < 1.29 is 9.13 Å². The summed E-state index contributed by atoms with van der Waals surface area (Å²) in [7, 11) is 1.50. The van der Waals surface area contributed by atoms with Crippen molar-refractivity contribution in [3.05, 3.63) is 42.0 Å². The fourth-order valence-electron chi connectivity index (χ4n) is 1.42. The monoisotopic (exact) mass is 221 g/mol. The number of nitrogens with zero attached hydrogens (tertiary/aromatic N) is 2. The summed E-state index contributed by atoms with van der Waals surface area (Å²) in [6.45, 7) is 0.354. The quantitative estimate of drug-likeness (QED) is 0.857. The number of aromatic nitrogens is 2. The van der Waals surface area contributed by atoms with Crippen LogP contribution in [0.15, 0.2) is 30.6 Å². The molecule has 2 rings (SSSR count). The summed E-state index contributed by atoms with van der Waals surface area (Å²) < 4.78 is 20.1.